The van der Waals surface area contributed by atoms with Crippen molar-refractivity contribution < 1.29 is 0 Å². The molecule has 1 atom stereocenters. The highest BCUT2D eigenvalue weighted by Crippen LogP contribution is 2.11. The zero-order valence-corrected chi connectivity index (χ0v) is 7.25. The highest BCUT2D eigenvalue weighted by molar-refractivity contribution is 7.13. The lowest BCUT2D eigenvalue weighted by atomic mass is 10.4. The summed E-state index contributed by atoms with van der Waals surface area (Å²) in [7, 11) is 0. The third-order valence-electron chi connectivity index (χ3n) is 1.03. The van der Waals surface area contributed by atoms with Gasteiger partial charge in [-0.3, -0.25) is 0 Å². The molecule has 0 aliphatic rings. The average Bonchev–Trinajstić information content (AvgIpc) is 2.40. The van der Waals surface area contributed by atoms with E-state index in [0.29, 0.717) is 11.9 Å². The van der Waals surface area contributed by atoms with E-state index in [1.54, 1.807) is 17.5 Å². The van der Waals surface area contributed by atoms with Gasteiger partial charge < -0.3 is 5.32 Å². The van der Waals surface area contributed by atoms with Crippen LogP contribution in [0.2, 0.25) is 0 Å². The number of thiazole rings is 1. The molecule has 0 spiro atoms. The van der Waals surface area contributed by atoms with Gasteiger partial charge in [-0.1, -0.05) is 0 Å². The molecule has 0 radical (unpaired) electrons. The Morgan fingerprint density at radius 2 is 2.70 bits per heavy atom. The maximum atomic E-state index is 5.58. The molecule has 1 aromatic heterocycles. The van der Waals surface area contributed by atoms with Crippen molar-refractivity contribution in [3.8, 4) is 0 Å². The predicted octanol–water partition coefficient (Wildman–Crippen LogP) is 2.18. The third kappa shape index (κ3) is 2.15. The Morgan fingerprint density at radius 3 is 3.20 bits per heavy atom. The first-order valence-corrected chi connectivity index (χ1v) is 4.46. The van der Waals surface area contributed by atoms with Crippen LogP contribution in [0.4, 0.5) is 5.13 Å². The predicted molar refractivity (Wildman–Crippen MR) is 45.9 cm³/mol. The number of rotatable bonds is 3. The maximum Gasteiger partial charge on any atom is 0.182 e. The van der Waals surface area contributed by atoms with E-state index >= 15 is 0 Å². The first kappa shape index (κ1) is 7.82. The van der Waals surface area contributed by atoms with Gasteiger partial charge in [0.15, 0.2) is 5.13 Å². The van der Waals surface area contributed by atoms with E-state index in [-0.39, 0.29) is 0 Å². The van der Waals surface area contributed by atoms with Gasteiger partial charge in [0, 0.05) is 23.5 Å². The van der Waals surface area contributed by atoms with Crippen molar-refractivity contribution in [2.75, 3.05) is 11.2 Å². The monoisotopic (exact) mass is 176 g/mol. The minimum Gasteiger partial charge on any atom is -0.358 e. The normalized spacial score (nSPS) is 13.0. The van der Waals surface area contributed by atoms with Crippen LogP contribution < -0.4 is 5.32 Å². The summed E-state index contributed by atoms with van der Waals surface area (Å²) < 4.78 is 0. The lowest BCUT2D eigenvalue weighted by molar-refractivity contribution is 0.904. The smallest absolute Gasteiger partial charge is 0.182 e. The molecule has 0 fully saturated rings. The van der Waals surface area contributed by atoms with Crippen molar-refractivity contribution >= 4 is 28.1 Å². The molecule has 0 saturated heterocycles. The van der Waals surface area contributed by atoms with Crippen LogP contribution in [0.5, 0.6) is 0 Å². The number of halogens is 1. The van der Waals surface area contributed by atoms with Crippen LogP contribution in [0.1, 0.15) is 6.92 Å². The zero-order valence-electron chi connectivity index (χ0n) is 5.67. The van der Waals surface area contributed by atoms with Crippen LogP contribution in [0.15, 0.2) is 11.6 Å². The number of hydrogen-bond donors (Lipinski definition) is 1. The van der Waals surface area contributed by atoms with Crippen LogP contribution in [0.3, 0.4) is 0 Å². The van der Waals surface area contributed by atoms with E-state index in [9.17, 15) is 0 Å². The van der Waals surface area contributed by atoms with Crippen LogP contribution >= 0.6 is 22.9 Å². The quantitative estimate of drug-likeness (QED) is 0.715. The lowest BCUT2D eigenvalue weighted by Gasteiger charge is -2.06. The van der Waals surface area contributed by atoms with Crippen molar-refractivity contribution in [3.63, 3.8) is 0 Å². The van der Waals surface area contributed by atoms with Gasteiger partial charge in [-0.05, 0) is 6.92 Å². The summed E-state index contributed by atoms with van der Waals surface area (Å²) in [6, 6.07) is 0.299. The highest BCUT2D eigenvalue weighted by Gasteiger charge is 1.99. The van der Waals surface area contributed by atoms with Gasteiger partial charge in [-0.15, -0.1) is 22.9 Å². The van der Waals surface area contributed by atoms with Gasteiger partial charge in [0.2, 0.25) is 0 Å². The van der Waals surface area contributed by atoms with Gasteiger partial charge in [0.1, 0.15) is 0 Å². The zero-order chi connectivity index (χ0) is 7.40. The number of alkyl halides is 1. The minimum atomic E-state index is 0.299. The maximum absolute atomic E-state index is 5.58. The number of aromatic nitrogens is 1. The Bertz CT molecular complexity index is 176. The molecule has 0 bridgehead atoms. The summed E-state index contributed by atoms with van der Waals surface area (Å²) in [5.74, 6) is 0.611. The Hall–Kier alpha value is -0.280. The first-order chi connectivity index (χ1) is 4.83. The fourth-order valence-electron chi connectivity index (χ4n) is 0.544. The Morgan fingerprint density at radius 1 is 1.90 bits per heavy atom. The van der Waals surface area contributed by atoms with Gasteiger partial charge in [-0.2, -0.15) is 0 Å². The molecule has 0 saturated carbocycles. The number of nitrogens with one attached hydrogen (secondary N) is 1. The molecular weight excluding hydrogens is 168 g/mol. The van der Waals surface area contributed by atoms with E-state index in [4.69, 9.17) is 11.6 Å². The van der Waals surface area contributed by atoms with E-state index in [0.717, 1.165) is 5.13 Å². The molecule has 4 heteroatoms. The molecule has 1 aromatic rings. The summed E-state index contributed by atoms with van der Waals surface area (Å²) in [5, 5.41) is 6.02. The standard InChI is InChI=1S/C6H9ClN2S/c1-5(4-7)9-6-8-2-3-10-6/h2-3,5H,4H2,1H3,(H,8,9). The third-order valence-corrected chi connectivity index (χ3v) is 2.20. The van der Waals surface area contributed by atoms with Gasteiger partial charge in [0.25, 0.3) is 0 Å². The largest absolute Gasteiger partial charge is 0.358 e. The highest BCUT2D eigenvalue weighted by atomic mass is 35.5. The molecule has 2 nitrogen and oxygen atoms in total. The average molecular weight is 177 g/mol. The second-order valence-electron chi connectivity index (χ2n) is 2.04. The lowest BCUT2D eigenvalue weighted by Crippen LogP contribution is -2.15. The van der Waals surface area contributed by atoms with E-state index in [1.807, 2.05) is 12.3 Å². The van der Waals surface area contributed by atoms with Crippen molar-refractivity contribution in [3.05, 3.63) is 11.6 Å². The van der Waals surface area contributed by atoms with Crippen LogP contribution in [0, 0.1) is 0 Å². The fourth-order valence-corrected chi connectivity index (χ4v) is 1.26. The van der Waals surface area contributed by atoms with Crippen molar-refractivity contribution in [1.29, 1.82) is 0 Å². The Kier molecular flexibility index (Phi) is 2.96. The molecule has 0 aliphatic heterocycles. The Balaban J connectivity index is 2.40. The summed E-state index contributed by atoms with van der Waals surface area (Å²) in [6.45, 7) is 2.02. The molecule has 10 heavy (non-hydrogen) atoms. The molecule has 0 aliphatic carbocycles. The molecule has 1 unspecified atom stereocenters. The van der Waals surface area contributed by atoms with Crippen molar-refractivity contribution in [2.24, 2.45) is 0 Å². The topological polar surface area (TPSA) is 24.9 Å². The fraction of sp³-hybridized carbons (Fsp3) is 0.500. The van der Waals surface area contributed by atoms with E-state index < -0.39 is 0 Å². The molecule has 0 amide bonds. The molecule has 1 rings (SSSR count). The van der Waals surface area contributed by atoms with Crippen molar-refractivity contribution in [1.82, 2.24) is 4.98 Å². The van der Waals surface area contributed by atoms with E-state index in [1.165, 1.54) is 0 Å². The summed E-state index contributed by atoms with van der Waals surface area (Å²) in [6.07, 6.45) is 1.77. The van der Waals surface area contributed by atoms with Crippen LogP contribution in [-0.4, -0.2) is 16.9 Å². The second kappa shape index (κ2) is 3.78. The SMILES string of the molecule is CC(CCl)Nc1nccs1. The van der Waals surface area contributed by atoms with Crippen LogP contribution in [0.25, 0.3) is 0 Å². The molecule has 1 N–H and O–H groups in total. The molecule has 1 heterocycles. The second-order valence-corrected chi connectivity index (χ2v) is 3.24. The number of anilines is 1. The summed E-state index contributed by atoms with van der Waals surface area (Å²) in [5.41, 5.74) is 0. The summed E-state index contributed by atoms with van der Waals surface area (Å²) >= 11 is 7.17. The molecule has 0 aromatic carbocycles. The Labute approximate surface area is 69.2 Å². The van der Waals surface area contributed by atoms with Gasteiger partial charge in [0.05, 0.1) is 0 Å². The minimum absolute atomic E-state index is 0.299. The van der Waals surface area contributed by atoms with Gasteiger partial charge >= 0.3 is 0 Å². The van der Waals surface area contributed by atoms with E-state index in [2.05, 4.69) is 10.3 Å². The summed E-state index contributed by atoms with van der Waals surface area (Å²) in [4.78, 5) is 4.05. The van der Waals surface area contributed by atoms with Crippen molar-refractivity contribution in [2.45, 2.75) is 13.0 Å². The molecule has 56 valence electrons. The van der Waals surface area contributed by atoms with Gasteiger partial charge in [-0.25, -0.2) is 4.98 Å². The first-order valence-electron chi connectivity index (χ1n) is 3.05. The molecular formula is C6H9ClN2S. The van der Waals surface area contributed by atoms with Crippen LogP contribution in [-0.2, 0) is 0 Å². The number of hydrogen-bond acceptors (Lipinski definition) is 3. The number of nitrogens with zero attached hydrogens (tertiary/aromatic N) is 1.